The van der Waals surface area contributed by atoms with Crippen LogP contribution in [-0.4, -0.2) is 5.97 Å². The minimum atomic E-state index is -0.362. The van der Waals surface area contributed by atoms with E-state index in [4.69, 9.17) is 27.9 Å². The Bertz CT molecular complexity index is 651. The van der Waals surface area contributed by atoms with Crippen LogP contribution in [0.2, 0.25) is 10.0 Å². The summed E-state index contributed by atoms with van der Waals surface area (Å²) in [5, 5.41) is 1.05. The van der Waals surface area contributed by atoms with Gasteiger partial charge in [0, 0.05) is 15.6 Å². The second-order valence-electron chi connectivity index (χ2n) is 4.61. The predicted molar refractivity (Wildman–Crippen MR) is 81.5 cm³/mol. The highest BCUT2D eigenvalue weighted by molar-refractivity contribution is 6.35. The van der Waals surface area contributed by atoms with Gasteiger partial charge in [0.2, 0.25) is 0 Å². The van der Waals surface area contributed by atoms with E-state index in [0.717, 1.165) is 16.7 Å². The number of halogens is 2. The molecular weight excluding hydrogens is 295 g/mol. The predicted octanol–water partition coefficient (Wildman–Crippen LogP) is 4.97. The zero-order valence-corrected chi connectivity index (χ0v) is 12.8. The molecule has 2 aromatic rings. The van der Waals surface area contributed by atoms with Crippen LogP contribution in [0, 0.1) is 13.8 Å². The number of rotatable bonds is 3. The van der Waals surface area contributed by atoms with Crippen molar-refractivity contribution in [3.05, 3.63) is 68.7 Å². The minimum absolute atomic E-state index is 0.127. The molecular formula is C16H14Cl2O2. The van der Waals surface area contributed by atoms with Crippen LogP contribution >= 0.6 is 23.2 Å². The summed E-state index contributed by atoms with van der Waals surface area (Å²) < 4.78 is 5.26. The molecule has 4 heteroatoms. The number of benzene rings is 2. The van der Waals surface area contributed by atoms with Gasteiger partial charge in [-0.25, -0.2) is 4.79 Å². The summed E-state index contributed by atoms with van der Waals surface area (Å²) in [5.74, 6) is -0.362. The Labute approximate surface area is 128 Å². The van der Waals surface area contributed by atoms with E-state index in [-0.39, 0.29) is 12.6 Å². The Morgan fingerprint density at radius 1 is 1.05 bits per heavy atom. The average Bonchev–Trinajstić information content (AvgIpc) is 2.40. The number of hydrogen-bond acceptors (Lipinski definition) is 2. The second kappa shape index (κ2) is 6.29. The summed E-state index contributed by atoms with van der Waals surface area (Å²) in [5.41, 5.74) is 3.47. The molecule has 0 bridgehead atoms. The molecule has 0 aliphatic rings. The maximum Gasteiger partial charge on any atom is 0.338 e. The normalized spacial score (nSPS) is 10.4. The van der Waals surface area contributed by atoms with Crippen LogP contribution in [0.25, 0.3) is 0 Å². The number of esters is 1. The van der Waals surface area contributed by atoms with Crippen molar-refractivity contribution in [2.75, 3.05) is 0 Å². The molecule has 0 aliphatic heterocycles. The molecule has 2 aromatic carbocycles. The fraction of sp³-hybridized carbons (Fsp3) is 0.188. The number of carbonyl (C=O) groups is 1. The SMILES string of the molecule is Cc1ccc(C(=O)OCc2ccc(Cl)cc2Cl)cc1C. The van der Waals surface area contributed by atoms with E-state index < -0.39 is 0 Å². The summed E-state index contributed by atoms with van der Waals surface area (Å²) in [6, 6.07) is 10.6. The van der Waals surface area contributed by atoms with Crippen LogP contribution in [0.3, 0.4) is 0 Å². The lowest BCUT2D eigenvalue weighted by Gasteiger charge is -2.08. The van der Waals surface area contributed by atoms with E-state index in [1.165, 1.54) is 0 Å². The molecule has 0 aromatic heterocycles. The molecule has 2 nitrogen and oxygen atoms in total. The minimum Gasteiger partial charge on any atom is -0.457 e. The van der Waals surface area contributed by atoms with Gasteiger partial charge in [0.1, 0.15) is 6.61 Å². The van der Waals surface area contributed by atoms with Crippen molar-refractivity contribution in [1.29, 1.82) is 0 Å². The van der Waals surface area contributed by atoms with Crippen LogP contribution in [0.1, 0.15) is 27.0 Å². The average molecular weight is 309 g/mol. The van der Waals surface area contributed by atoms with Gasteiger partial charge in [0.25, 0.3) is 0 Å². The summed E-state index contributed by atoms with van der Waals surface area (Å²) in [7, 11) is 0. The lowest BCUT2D eigenvalue weighted by Crippen LogP contribution is -2.06. The molecule has 0 fully saturated rings. The lowest BCUT2D eigenvalue weighted by molar-refractivity contribution is 0.0473. The second-order valence-corrected chi connectivity index (χ2v) is 5.45. The zero-order valence-electron chi connectivity index (χ0n) is 11.2. The van der Waals surface area contributed by atoms with E-state index in [9.17, 15) is 4.79 Å². The van der Waals surface area contributed by atoms with Crippen molar-refractivity contribution < 1.29 is 9.53 Å². The topological polar surface area (TPSA) is 26.3 Å². The first-order valence-corrected chi connectivity index (χ1v) is 6.91. The molecule has 0 amide bonds. The summed E-state index contributed by atoms with van der Waals surface area (Å²) in [6.07, 6.45) is 0. The molecule has 0 unspecified atom stereocenters. The first-order valence-electron chi connectivity index (χ1n) is 6.15. The molecule has 0 saturated carbocycles. The summed E-state index contributed by atoms with van der Waals surface area (Å²) in [6.45, 7) is 4.09. The fourth-order valence-electron chi connectivity index (χ4n) is 1.73. The van der Waals surface area contributed by atoms with Crippen molar-refractivity contribution in [1.82, 2.24) is 0 Å². The van der Waals surface area contributed by atoms with Gasteiger partial charge in [-0.3, -0.25) is 0 Å². The molecule has 0 spiro atoms. The van der Waals surface area contributed by atoms with E-state index in [1.54, 1.807) is 24.3 Å². The van der Waals surface area contributed by atoms with Crippen molar-refractivity contribution >= 4 is 29.2 Å². The largest absolute Gasteiger partial charge is 0.457 e. The third-order valence-corrected chi connectivity index (χ3v) is 3.70. The Morgan fingerprint density at radius 3 is 2.45 bits per heavy atom. The Balaban J connectivity index is 2.06. The monoisotopic (exact) mass is 308 g/mol. The molecule has 20 heavy (non-hydrogen) atoms. The highest BCUT2D eigenvalue weighted by Crippen LogP contribution is 2.22. The van der Waals surface area contributed by atoms with E-state index in [2.05, 4.69) is 0 Å². The Kier molecular flexibility index (Phi) is 4.69. The van der Waals surface area contributed by atoms with Gasteiger partial charge < -0.3 is 4.74 Å². The molecule has 0 aliphatic carbocycles. The maximum atomic E-state index is 12.0. The zero-order chi connectivity index (χ0) is 14.7. The fourth-order valence-corrected chi connectivity index (χ4v) is 2.20. The molecule has 0 heterocycles. The molecule has 0 atom stereocenters. The van der Waals surface area contributed by atoms with Gasteiger partial charge in [-0.05, 0) is 49.2 Å². The van der Waals surface area contributed by atoms with E-state index in [0.29, 0.717) is 15.6 Å². The van der Waals surface area contributed by atoms with Crippen LogP contribution in [0.15, 0.2) is 36.4 Å². The molecule has 2 rings (SSSR count). The molecule has 0 radical (unpaired) electrons. The van der Waals surface area contributed by atoms with Gasteiger partial charge in [0.15, 0.2) is 0 Å². The van der Waals surface area contributed by atoms with Gasteiger partial charge in [-0.2, -0.15) is 0 Å². The van der Waals surface area contributed by atoms with Gasteiger partial charge >= 0.3 is 5.97 Å². The number of carbonyl (C=O) groups excluding carboxylic acids is 1. The number of hydrogen-bond donors (Lipinski definition) is 0. The summed E-state index contributed by atoms with van der Waals surface area (Å²) >= 11 is 11.8. The van der Waals surface area contributed by atoms with Crippen LogP contribution in [0.4, 0.5) is 0 Å². The van der Waals surface area contributed by atoms with Crippen LogP contribution in [-0.2, 0) is 11.3 Å². The van der Waals surface area contributed by atoms with Gasteiger partial charge in [-0.1, -0.05) is 35.3 Å². The Hall–Kier alpha value is -1.51. The Morgan fingerprint density at radius 2 is 1.80 bits per heavy atom. The maximum absolute atomic E-state index is 12.0. The van der Waals surface area contributed by atoms with Crippen molar-refractivity contribution in [3.63, 3.8) is 0 Å². The highest BCUT2D eigenvalue weighted by Gasteiger charge is 2.10. The van der Waals surface area contributed by atoms with Crippen molar-refractivity contribution in [2.45, 2.75) is 20.5 Å². The highest BCUT2D eigenvalue weighted by atomic mass is 35.5. The molecule has 104 valence electrons. The van der Waals surface area contributed by atoms with Gasteiger partial charge in [-0.15, -0.1) is 0 Å². The third kappa shape index (κ3) is 3.53. The number of ether oxygens (including phenoxy) is 1. The number of aryl methyl sites for hydroxylation is 2. The molecule has 0 saturated heterocycles. The van der Waals surface area contributed by atoms with E-state index >= 15 is 0 Å². The van der Waals surface area contributed by atoms with Crippen molar-refractivity contribution in [3.8, 4) is 0 Å². The first kappa shape index (κ1) is 14.9. The van der Waals surface area contributed by atoms with E-state index in [1.807, 2.05) is 26.0 Å². The van der Waals surface area contributed by atoms with Crippen LogP contribution in [0.5, 0.6) is 0 Å². The lowest BCUT2D eigenvalue weighted by atomic mass is 10.1. The first-order chi connectivity index (χ1) is 9.47. The quantitative estimate of drug-likeness (QED) is 0.748. The van der Waals surface area contributed by atoms with Crippen LogP contribution < -0.4 is 0 Å². The standard InChI is InChI=1S/C16H14Cl2O2/c1-10-3-4-12(7-11(10)2)16(19)20-9-13-5-6-14(17)8-15(13)18/h3-8H,9H2,1-2H3. The molecule has 0 N–H and O–H groups in total. The third-order valence-electron chi connectivity index (χ3n) is 3.12. The smallest absolute Gasteiger partial charge is 0.338 e. The van der Waals surface area contributed by atoms with Gasteiger partial charge in [0.05, 0.1) is 5.56 Å². The van der Waals surface area contributed by atoms with Crippen molar-refractivity contribution in [2.24, 2.45) is 0 Å². The summed E-state index contributed by atoms with van der Waals surface area (Å²) in [4.78, 5) is 12.0.